The van der Waals surface area contributed by atoms with Crippen LogP contribution in [0.1, 0.15) is 18.4 Å². The maximum atomic E-state index is 11.9. The van der Waals surface area contributed by atoms with Gasteiger partial charge in [-0.2, -0.15) is 0 Å². The number of piperidine rings is 1. The topological polar surface area (TPSA) is 54.0 Å². The number of aryl methyl sites for hydroxylation is 1. The molecule has 0 aromatic carbocycles. The van der Waals surface area contributed by atoms with E-state index < -0.39 is 0 Å². The predicted molar refractivity (Wildman–Crippen MR) is 63.2 cm³/mol. The minimum absolute atomic E-state index is 0.0952. The lowest BCUT2D eigenvalue weighted by Gasteiger charge is -2.21. The number of rotatable bonds is 2. The van der Waals surface area contributed by atoms with Crippen LogP contribution in [0.4, 0.5) is 5.82 Å². The number of aromatic nitrogens is 1. The third kappa shape index (κ3) is 2.79. The number of hydrogen-bond donors (Lipinski definition) is 2. The van der Waals surface area contributed by atoms with Gasteiger partial charge in [-0.1, -0.05) is 6.07 Å². The fourth-order valence-electron chi connectivity index (χ4n) is 1.85. The average Bonchev–Trinajstić information content (AvgIpc) is 2.33. The van der Waals surface area contributed by atoms with Gasteiger partial charge in [0.05, 0.1) is 0 Å². The first-order chi connectivity index (χ1) is 7.75. The second-order valence-corrected chi connectivity index (χ2v) is 4.23. The summed E-state index contributed by atoms with van der Waals surface area (Å²) >= 11 is 0. The molecule has 0 bridgehead atoms. The summed E-state index contributed by atoms with van der Waals surface area (Å²) in [6.45, 7) is 3.84. The lowest BCUT2D eigenvalue weighted by atomic mass is 9.97. The van der Waals surface area contributed by atoms with E-state index in [2.05, 4.69) is 15.6 Å². The zero-order valence-corrected chi connectivity index (χ0v) is 9.49. The largest absolute Gasteiger partial charge is 0.317 e. The second kappa shape index (κ2) is 5.07. The van der Waals surface area contributed by atoms with Crippen molar-refractivity contribution in [1.82, 2.24) is 10.3 Å². The zero-order valence-electron chi connectivity index (χ0n) is 9.49. The molecule has 1 fully saturated rings. The number of nitrogens with zero attached hydrogens (tertiary/aromatic N) is 1. The molecule has 0 unspecified atom stereocenters. The van der Waals surface area contributed by atoms with Crippen molar-refractivity contribution < 1.29 is 4.79 Å². The van der Waals surface area contributed by atoms with Crippen molar-refractivity contribution in [3.63, 3.8) is 0 Å². The molecule has 16 heavy (non-hydrogen) atoms. The molecule has 2 N–H and O–H groups in total. The average molecular weight is 219 g/mol. The molecule has 0 radical (unpaired) electrons. The molecule has 1 saturated heterocycles. The van der Waals surface area contributed by atoms with Crippen LogP contribution in [0.15, 0.2) is 18.3 Å². The van der Waals surface area contributed by atoms with E-state index in [-0.39, 0.29) is 11.8 Å². The minimum Gasteiger partial charge on any atom is -0.317 e. The molecule has 0 saturated carbocycles. The Hall–Kier alpha value is -1.42. The summed E-state index contributed by atoms with van der Waals surface area (Å²) in [6.07, 6.45) is 3.59. The Kier molecular flexibility index (Phi) is 3.51. The maximum Gasteiger partial charge on any atom is 0.228 e. The summed E-state index contributed by atoms with van der Waals surface area (Å²) < 4.78 is 0. The van der Waals surface area contributed by atoms with Crippen LogP contribution < -0.4 is 10.6 Å². The molecule has 0 spiro atoms. The van der Waals surface area contributed by atoms with E-state index in [1.54, 1.807) is 6.20 Å². The van der Waals surface area contributed by atoms with Gasteiger partial charge in [0.1, 0.15) is 5.82 Å². The third-order valence-electron chi connectivity index (χ3n) is 2.87. The van der Waals surface area contributed by atoms with Gasteiger partial charge in [-0.3, -0.25) is 4.79 Å². The highest BCUT2D eigenvalue weighted by Gasteiger charge is 2.20. The van der Waals surface area contributed by atoms with Crippen LogP contribution in [0.2, 0.25) is 0 Å². The molecule has 1 amide bonds. The van der Waals surface area contributed by atoms with E-state index in [1.807, 2.05) is 19.1 Å². The van der Waals surface area contributed by atoms with Crippen LogP contribution in [0.3, 0.4) is 0 Å². The number of pyridine rings is 1. The number of hydrogen-bond acceptors (Lipinski definition) is 3. The first kappa shape index (κ1) is 11.1. The van der Waals surface area contributed by atoms with Gasteiger partial charge in [-0.05, 0) is 44.5 Å². The van der Waals surface area contributed by atoms with Crippen molar-refractivity contribution in [3.8, 4) is 0 Å². The molecule has 2 rings (SSSR count). The maximum absolute atomic E-state index is 11.9. The van der Waals surface area contributed by atoms with Crippen LogP contribution in [0, 0.1) is 12.8 Å². The SMILES string of the molecule is Cc1ccc(NC(=O)C2CCNCC2)nc1. The van der Waals surface area contributed by atoms with E-state index in [9.17, 15) is 4.79 Å². The van der Waals surface area contributed by atoms with Crippen LogP contribution >= 0.6 is 0 Å². The van der Waals surface area contributed by atoms with Crippen molar-refractivity contribution in [2.45, 2.75) is 19.8 Å². The minimum atomic E-state index is 0.0952. The number of nitrogens with one attached hydrogen (secondary N) is 2. The van der Waals surface area contributed by atoms with Crippen molar-refractivity contribution in [2.24, 2.45) is 5.92 Å². The third-order valence-corrected chi connectivity index (χ3v) is 2.87. The predicted octanol–water partition coefficient (Wildman–Crippen LogP) is 1.33. The fourth-order valence-corrected chi connectivity index (χ4v) is 1.85. The Morgan fingerprint density at radius 1 is 1.44 bits per heavy atom. The molecule has 0 atom stereocenters. The Morgan fingerprint density at radius 3 is 2.81 bits per heavy atom. The highest BCUT2D eigenvalue weighted by atomic mass is 16.1. The summed E-state index contributed by atoms with van der Waals surface area (Å²) in [6, 6.07) is 3.79. The molecule has 86 valence electrons. The molecule has 4 heteroatoms. The number of anilines is 1. The Balaban J connectivity index is 1.93. The standard InChI is InChI=1S/C12H17N3O/c1-9-2-3-11(14-8-9)15-12(16)10-4-6-13-7-5-10/h2-3,8,10,13H,4-7H2,1H3,(H,14,15,16). The normalized spacial score (nSPS) is 17.1. The fraction of sp³-hybridized carbons (Fsp3) is 0.500. The van der Waals surface area contributed by atoms with E-state index in [0.717, 1.165) is 31.5 Å². The smallest absolute Gasteiger partial charge is 0.228 e. The van der Waals surface area contributed by atoms with Crippen LogP contribution in [-0.2, 0) is 4.79 Å². The lowest BCUT2D eigenvalue weighted by molar-refractivity contribution is -0.120. The number of carbonyl (C=O) groups is 1. The first-order valence-corrected chi connectivity index (χ1v) is 5.70. The Morgan fingerprint density at radius 2 is 2.19 bits per heavy atom. The van der Waals surface area contributed by atoms with Crippen LogP contribution in [0.25, 0.3) is 0 Å². The molecule has 1 aromatic rings. The van der Waals surface area contributed by atoms with Crippen LogP contribution in [0.5, 0.6) is 0 Å². The molecular formula is C12H17N3O. The second-order valence-electron chi connectivity index (χ2n) is 4.23. The summed E-state index contributed by atoms with van der Waals surface area (Å²) in [7, 11) is 0. The molecule has 0 aliphatic carbocycles. The van der Waals surface area contributed by atoms with E-state index >= 15 is 0 Å². The van der Waals surface area contributed by atoms with Crippen LogP contribution in [-0.4, -0.2) is 24.0 Å². The van der Waals surface area contributed by atoms with Gasteiger partial charge in [0.2, 0.25) is 5.91 Å². The Bertz CT molecular complexity index is 355. The summed E-state index contributed by atoms with van der Waals surface area (Å²) in [5.41, 5.74) is 1.10. The molecule has 1 aliphatic heterocycles. The Labute approximate surface area is 95.5 Å². The van der Waals surface area contributed by atoms with Gasteiger partial charge in [0, 0.05) is 12.1 Å². The van der Waals surface area contributed by atoms with Gasteiger partial charge >= 0.3 is 0 Å². The summed E-state index contributed by atoms with van der Waals surface area (Å²) in [5, 5.41) is 6.11. The lowest BCUT2D eigenvalue weighted by Crippen LogP contribution is -2.34. The van der Waals surface area contributed by atoms with Gasteiger partial charge in [-0.15, -0.1) is 0 Å². The van der Waals surface area contributed by atoms with Gasteiger partial charge in [0.15, 0.2) is 0 Å². The number of carbonyl (C=O) groups excluding carboxylic acids is 1. The first-order valence-electron chi connectivity index (χ1n) is 5.70. The van der Waals surface area contributed by atoms with Crippen molar-refractivity contribution in [2.75, 3.05) is 18.4 Å². The van der Waals surface area contributed by atoms with Gasteiger partial charge in [-0.25, -0.2) is 4.98 Å². The quantitative estimate of drug-likeness (QED) is 0.789. The molecular weight excluding hydrogens is 202 g/mol. The molecule has 4 nitrogen and oxygen atoms in total. The summed E-state index contributed by atoms with van der Waals surface area (Å²) in [5.74, 6) is 0.872. The highest BCUT2D eigenvalue weighted by molar-refractivity contribution is 5.91. The van der Waals surface area contributed by atoms with Crippen molar-refractivity contribution in [3.05, 3.63) is 23.9 Å². The molecule has 2 heterocycles. The molecule has 1 aromatic heterocycles. The van der Waals surface area contributed by atoms with E-state index in [4.69, 9.17) is 0 Å². The summed E-state index contributed by atoms with van der Waals surface area (Å²) in [4.78, 5) is 16.0. The highest BCUT2D eigenvalue weighted by Crippen LogP contribution is 2.14. The number of amides is 1. The zero-order chi connectivity index (χ0) is 11.4. The van der Waals surface area contributed by atoms with Crippen molar-refractivity contribution in [1.29, 1.82) is 0 Å². The van der Waals surface area contributed by atoms with E-state index in [1.165, 1.54) is 0 Å². The van der Waals surface area contributed by atoms with Gasteiger partial charge < -0.3 is 10.6 Å². The van der Waals surface area contributed by atoms with Crippen molar-refractivity contribution >= 4 is 11.7 Å². The molecule has 1 aliphatic rings. The monoisotopic (exact) mass is 219 g/mol. The van der Waals surface area contributed by atoms with Gasteiger partial charge in [0.25, 0.3) is 0 Å². The van der Waals surface area contributed by atoms with E-state index in [0.29, 0.717) is 5.82 Å².